The van der Waals surface area contributed by atoms with Crippen LogP contribution >= 0.6 is 0 Å². The van der Waals surface area contributed by atoms with E-state index in [1.54, 1.807) is 0 Å². The summed E-state index contributed by atoms with van der Waals surface area (Å²) in [7, 11) is 1.41. The molecule has 9 heteroatoms. The summed E-state index contributed by atoms with van der Waals surface area (Å²) < 4.78 is 48.4. The first-order valence-electron chi connectivity index (χ1n) is 7.29. The second kappa shape index (κ2) is 7.77. The number of hydrogen-bond donors (Lipinski definition) is 2. The smallest absolute Gasteiger partial charge is 0.418 e. The van der Waals surface area contributed by atoms with Crippen LogP contribution < -0.4 is 15.8 Å². The molecule has 0 radical (unpaired) electrons. The van der Waals surface area contributed by atoms with Gasteiger partial charge in [-0.15, -0.1) is 0 Å². The molecule has 0 saturated carbocycles. The number of carbonyl (C=O) groups excluding carboxylic acids is 2. The third-order valence-corrected chi connectivity index (χ3v) is 3.31. The number of para-hydroxylation sites is 1. The third-order valence-electron chi connectivity index (χ3n) is 3.31. The van der Waals surface area contributed by atoms with Crippen molar-refractivity contribution in [1.82, 2.24) is 0 Å². The van der Waals surface area contributed by atoms with Gasteiger partial charge in [0.05, 0.1) is 29.6 Å². The van der Waals surface area contributed by atoms with Crippen LogP contribution in [0.15, 0.2) is 42.5 Å². The highest BCUT2D eigenvalue weighted by molar-refractivity contribution is 5.96. The van der Waals surface area contributed by atoms with Crippen LogP contribution in [0.3, 0.4) is 0 Å². The summed E-state index contributed by atoms with van der Waals surface area (Å²) in [6.45, 7) is -0.753. The summed E-state index contributed by atoms with van der Waals surface area (Å²) in [5, 5.41) is 2.07. The minimum Gasteiger partial charge on any atom is -0.495 e. The van der Waals surface area contributed by atoms with Crippen LogP contribution in [-0.4, -0.2) is 25.6 Å². The Balaban J connectivity index is 1.99. The van der Waals surface area contributed by atoms with E-state index in [0.717, 1.165) is 12.1 Å². The number of nitrogen functional groups attached to an aromatic ring is 1. The van der Waals surface area contributed by atoms with Gasteiger partial charge in [0.2, 0.25) is 0 Å². The van der Waals surface area contributed by atoms with Crippen LogP contribution in [-0.2, 0) is 15.7 Å². The van der Waals surface area contributed by atoms with E-state index in [2.05, 4.69) is 5.32 Å². The molecule has 0 spiro atoms. The molecule has 0 fully saturated rings. The fourth-order valence-electron chi connectivity index (χ4n) is 2.10. The Kier molecular flexibility index (Phi) is 5.71. The number of amides is 1. The number of rotatable bonds is 5. The number of nitrogens with two attached hydrogens (primary N) is 1. The van der Waals surface area contributed by atoms with E-state index in [4.69, 9.17) is 15.2 Å². The Morgan fingerprint density at radius 1 is 1.15 bits per heavy atom. The Labute approximate surface area is 146 Å². The average Bonchev–Trinajstić information content (AvgIpc) is 2.59. The van der Waals surface area contributed by atoms with Crippen LogP contribution in [0, 0.1) is 0 Å². The lowest BCUT2D eigenvalue weighted by molar-refractivity contribution is -0.137. The number of methoxy groups -OCH3 is 1. The topological polar surface area (TPSA) is 90.6 Å². The van der Waals surface area contributed by atoms with Crippen molar-refractivity contribution in [3.8, 4) is 5.75 Å². The van der Waals surface area contributed by atoms with Crippen molar-refractivity contribution in [3.63, 3.8) is 0 Å². The molecule has 2 aromatic carbocycles. The predicted molar refractivity (Wildman–Crippen MR) is 87.8 cm³/mol. The summed E-state index contributed by atoms with van der Waals surface area (Å²) in [6.07, 6.45) is -4.62. The van der Waals surface area contributed by atoms with E-state index in [0.29, 0.717) is 5.75 Å². The zero-order chi connectivity index (χ0) is 19.3. The zero-order valence-corrected chi connectivity index (χ0v) is 13.6. The van der Waals surface area contributed by atoms with Gasteiger partial charge < -0.3 is 20.5 Å². The van der Waals surface area contributed by atoms with Gasteiger partial charge in [-0.2, -0.15) is 13.2 Å². The molecule has 0 aliphatic heterocycles. The Morgan fingerprint density at radius 3 is 2.46 bits per heavy atom. The molecular weight excluding hydrogens is 353 g/mol. The number of anilines is 2. The van der Waals surface area contributed by atoms with E-state index < -0.39 is 35.9 Å². The number of nitrogens with one attached hydrogen (secondary N) is 1. The molecule has 0 aliphatic carbocycles. The quantitative estimate of drug-likeness (QED) is 0.625. The molecule has 0 aromatic heterocycles. The second-order valence-electron chi connectivity index (χ2n) is 5.12. The van der Waals surface area contributed by atoms with Crippen LogP contribution in [0.2, 0.25) is 0 Å². The molecular formula is C17H15F3N2O4. The van der Waals surface area contributed by atoms with Gasteiger partial charge in [0.25, 0.3) is 5.91 Å². The molecule has 6 nitrogen and oxygen atoms in total. The fraction of sp³-hybridized carbons (Fsp3) is 0.176. The van der Waals surface area contributed by atoms with Gasteiger partial charge in [-0.05, 0) is 30.3 Å². The largest absolute Gasteiger partial charge is 0.495 e. The van der Waals surface area contributed by atoms with Crippen molar-refractivity contribution in [2.45, 2.75) is 6.18 Å². The highest BCUT2D eigenvalue weighted by Crippen LogP contribution is 2.34. The van der Waals surface area contributed by atoms with E-state index in [-0.39, 0.29) is 11.3 Å². The highest BCUT2D eigenvalue weighted by atomic mass is 19.4. The van der Waals surface area contributed by atoms with Crippen molar-refractivity contribution >= 4 is 23.3 Å². The lowest BCUT2D eigenvalue weighted by Crippen LogP contribution is -2.22. The lowest BCUT2D eigenvalue weighted by atomic mass is 10.1. The average molecular weight is 368 g/mol. The van der Waals surface area contributed by atoms with Crippen molar-refractivity contribution in [1.29, 1.82) is 0 Å². The van der Waals surface area contributed by atoms with Crippen molar-refractivity contribution < 1.29 is 32.2 Å². The predicted octanol–water partition coefficient (Wildman–Crippen LogP) is 3.09. The maximum Gasteiger partial charge on any atom is 0.418 e. The van der Waals surface area contributed by atoms with E-state index >= 15 is 0 Å². The molecule has 2 rings (SSSR count). The molecule has 0 atom stereocenters. The molecule has 138 valence electrons. The van der Waals surface area contributed by atoms with Gasteiger partial charge in [0, 0.05) is 0 Å². The number of alkyl halides is 3. The molecule has 0 aliphatic rings. The van der Waals surface area contributed by atoms with Gasteiger partial charge in [-0.1, -0.05) is 12.1 Å². The Hall–Kier alpha value is -3.23. The summed E-state index contributed by atoms with van der Waals surface area (Å²) in [6, 6.07) is 8.62. The van der Waals surface area contributed by atoms with Crippen LogP contribution in [0.1, 0.15) is 15.9 Å². The van der Waals surface area contributed by atoms with Crippen LogP contribution in [0.4, 0.5) is 24.5 Å². The number of esters is 1. The number of halogens is 3. The standard InChI is InChI=1S/C17H15F3N2O4/c1-25-14-7-6-10(8-12(14)21)16(24)26-9-15(23)22-13-5-3-2-4-11(13)17(18,19)20/h2-8H,9,21H2,1H3,(H,22,23). The molecule has 0 unspecified atom stereocenters. The minimum absolute atomic E-state index is 0.0757. The van der Waals surface area contributed by atoms with Crippen LogP contribution in [0.5, 0.6) is 5.75 Å². The number of carbonyl (C=O) groups is 2. The molecule has 0 saturated heterocycles. The fourth-order valence-corrected chi connectivity index (χ4v) is 2.10. The SMILES string of the molecule is COc1ccc(C(=O)OCC(=O)Nc2ccccc2C(F)(F)F)cc1N. The molecule has 3 N–H and O–H groups in total. The van der Waals surface area contributed by atoms with Crippen molar-refractivity contribution in [2.75, 3.05) is 24.8 Å². The monoisotopic (exact) mass is 368 g/mol. The molecule has 26 heavy (non-hydrogen) atoms. The number of hydrogen-bond acceptors (Lipinski definition) is 5. The van der Waals surface area contributed by atoms with Gasteiger partial charge >= 0.3 is 12.1 Å². The maximum atomic E-state index is 12.9. The Morgan fingerprint density at radius 2 is 1.85 bits per heavy atom. The summed E-state index contributed by atoms with van der Waals surface area (Å²) in [4.78, 5) is 23.7. The van der Waals surface area contributed by atoms with E-state index in [1.165, 1.54) is 37.4 Å². The zero-order valence-electron chi connectivity index (χ0n) is 13.6. The first-order chi connectivity index (χ1) is 12.2. The molecule has 2 aromatic rings. The van der Waals surface area contributed by atoms with Crippen molar-refractivity contribution in [3.05, 3.63) is 53.6 Å². The van der Waals surface area contributed by atoms with Gasteiger partial charge in [0.1, 0.15) is 5.75 Å². The maximum absolute atomic E-state index is 12.9. The summed E-state index contributed by atoms with van der Waals surface area (Å²) in [5.74, 6) is -1.39. The number of benzene rings is 2. The number of ether oxygens (including phenoxy) is 2. The third kappa shape index (κ3) is 4.65. The van der Waals surface area contributed by atoms with Gasteiger partial charge in [0.15, 0.2) is 6.61 Å². The van der Waals surface area contributed by atoms with Gasteiger partial charge in [-0.3, -0.25) is 4.79 Å². The normalized spacial score (nSPS) is 10.9. The second-order valence-corrected chi connectivity index (χ2v) is 5.12. The molecule has 0 heterocycles. The first-order valence-corrected chi connectivity index (χ1v) is 7.29. The lowest BCUT2D eigenvalue weighted by Gasteiger charge is -2.13. The molecule has 1 amide bonds. The summed E-state index contributed by atoms with van der Waals surface area (Å²) >= 11 is 0. The van der Waals surface area contributed by atoms with E-state index in [9.17, 15) is 22.8 Å². The van der Waals surface area contributed by atoms with Gasteiger partial charge in [-0.25, -0.2) is 4.79 Å². The minimum atomic E-state index is -4.62. The first kappa shape index (κ1) is 19.1. The van der Waals surface area contributed by atoms with E-state index in [1.807, 2.05) is 0 Å². The van der Waals surface area contributed by atoms with Crippen LogP contribution in [0.25, 0.3) is 0 Å². The summed E-state index contributed by atoms with van der Waals surface area (Å²) in [5.41, 5.74) is 4.52. The van der Waals surface area contributed by atoms with Crippen molar-refractivity contribution in [2.24, 2.45) is 0 Å². The Bertz CT molecular complexity index is 822. The molecule has 0 bridgehead atoms. The highest BCUT2D eigenvalue weighted by Gasteiger charge is 2.33.